The third-order valence-electron chi connectivity index (χ3n) is 5.24. The molecule has 1 saturated heterocycles. The topological polar surface area (TPSA) is 119 Å². The summed E-state index contributed by atoms with van der Waals surface area (Å²) >= 11 is 0. The van der Waals surface area contributed by atoms with Crippen LogP contribution in [0, 0.1) is 0 Å². The average molecular weight is 390 g/mol. The summed E-state index contributed by atoms with van der Waals surface area (Å²) in [7, 11) is 0. The second-order valence-electron chi connectivity index (χ2n) is 7.10. The summed E-state index contributed by atoms with van der Waals surface area (Å²) in [5.41, 5.74) is 16.2. The summed E-state index contributed by atoms with van der Waals surface area (Å²) in [6.07, 6.45) is 4.27. The molecule has 0 bridgehead atoms. The molecule has 0 atom stereocenters. The molecule has 9 heteroatoms. The van der Waals surface area contributed by atoms with Crippen molar-refractivity contribution < 1.29 is 4.74 Å². The van der Waals surface area contributed by atoms with Gasteiger partial charge in [0.15, 0.2) is 0 Å². The Morgan fingerprint density at radius 1 is 0.966 bits per heavy atom. The lowest BCUT2D eigenvalue weighted by atomic mass is 10.1. The van der Waals surface area contributed by atoms with Crippen LogP contribution in [-0.4, -0.2) is 52.8 Å². The SMILES string of the molecule is Nc1cccc(N2CCc3c(-c4cnc(N)nc4)nc(N4CCOCC4)nc32)c1. The number of hydrogen-bond acceptors (Lipinski definition) is 9. The molecule has 0 spiro atoms. The average Bonchev–Trinajstić information content (AvgIpc) is 3.18. The summed E-state index contributed by atoms with van der Waals surface area (Å²) in [6.45, 7) is 3.66. The molecule has 0 unspecified atom stereocenters. The first-order valence-electron chi connectivity index (χ1n) is 9.63. The van der Waals surface area contributed by atoms with Gasteiger partial charge in [0, 0.05) is 54.5 Å². The van der Waals surface area contributed by atoms with Gasteiger partial charge in [-0.05, 0) is 24.6 Å². The number of rotatable bonds is 3. The van der Waals surface area contributed by atoms with Gasteiger partial charge < -0.3 is 26.0 Å². The fourth-order valence-electron chi connectivity index (χ4n) is 3.79. The van der Waals surface area contributed by atoms with Gasteiger partial charge in [-0.15, -0.1) is 0 Å². The number of ether oxygens (including phenoxy) is 1. The normalized spacial score (nSPS) is 16.1. The highest BCUT2D eigenvalue weighted by Gasteiger charge is 2.29. The molecular weight excluding hydrogens is 368 g/mol. The Morgan fingerprint density at radius 2 is 1.76 bits per heavy atom. The Hall–Kier alpha value is -3.46. The van der Waals surface area contributed by atoms with Crippen LogP contribution in [0.25, 0.3) is 11.3 Å². The maximum atomic E-state index is 6.02. The molecular formula is C20H22N8O. The summed E-state index contributed by atoms with van der Waals surface area (Å²) in [4.78, 5) is 22.5. The van der Waals surface area contributed by atoms with Gasteiger partial charge in [0.1, 0.15) is 5.82 Å². The third-order valence-corrected chi connectivity index (χ3v) is 5.24. The smallest absolute Gasteiger partial charge is 0.228 e. The third kappa shape index (κ3) is 3.29. The number of nitrogens with zero attached hydrogens (tertiary/aromatic N) is 6. The van der Waals surface area contributed by atoms with Crippen LogP contribution in [0.2, 0.25) is 0 Å². The van der Waals surface area contributed by atoms with Crippen LogP contribution in [0.15, 0.2) is 36.7 Å². The Balaban J connectivity index is 1.64. The van der Waals surface area contributed by atoms with Gasteiger partial charge in [0.2, 0.25) is 11.9 Å². The predicted molar refractivity (Wildman–Crippen MR) is 112 cm³/mol. The van der Waals surface area contributed by atoms with E-state index in [0.29, 0.717) is 19.2 Å². The van der Waals surface area contributed by atoms with E-state index in [0.717, 1.165) is 60.1 Å². The molecule has 4 heterocycles. The number of nitrogens with two attached hydrogens (primary N) is 2. The summed E-state index contributed by atoms with van der Waals surface area (Å²) in [5, 5.41) is 0. The van der Waals surface area contributed by atoms with E-state index < -0.39 is 0 Å². The number of aromatic nitrogens is 4. The highest BCUT2D eigenvalue weighted by Crippen LogP contribution is 2.39. The van der Waals surface area contributed by atoms with E-state index in [4.69, 9.17) is 26.2 Å². The van der Waals surface area contributed by atoms with Crippen molar-refractivity contribution in [3.8, 4) is 11.3 Å². The quantitative estimate of drug-likeness (QED) is 0.643. The second-order valence-corrected chi connectivity index (χ2v) is 7.10. The molecule has 29 heavy (non-hydrogen) atoms. The summed E-state index contributed by atoms with van der Waals surface area (Å²) < 4.78 is 5.49. The Kier molecular flexibility index (Phi) is 4.36. The van der Waals surface area contributed by atoms with E-state index in [1.54, 1.807) is 12.4 Å². The first-order chi connectivity index (χ1) is 14.2. The van der Waals surface area contributed by atoms with E-state index in [9.17, 15) is 0 Å². The Bertz CT molecular complexity index is 1030. The van der Waals surface area contributed by atoms with E-state index in [1.165, 1.54) is 0 Å². The molecule has 2 aromatic heterocycles. The molecule has 0 saturated carbocycles. The molecule has 3 aromatic rings. The maximum Gasteiger partial charge on any atom is 0.228 e. The lowest BCUT2D eigenvalue weighted by molar-refractivity contribution is 0.122. The lowest BCUT2D eigenvalue weighted by Crippen LogP contribution is -2.37. The van der Waals surface area contributed by atoms with Gasteiger partial charge in [0.25, 0.3) is 0 Å². The van der Waals surface area contributed by atoms with Crippen LogP contribution in [0.5, 0.6) is 0 Å². The molecule has 2 aliphatic rings. The van der Waals surface area contributed by atoms with Crippen LogP contribution in [-0.2, 0) is 11.2 Å². The first kappa shape index (κ1) is 17.6. The maximum absolute atomic E-state index is 6.02. The van der Waals surface area contributed by atoms with Gasteiger partial charge in [-0.25, -0.2) is 15.0 Å². The second kappa shape index (κ2) is 7.17. The molecule has 9 nitrogen and oxygen atoms in total. The number of hydrogen-bond donors (Lipinski definition) is 2. The van der Waals surface area contributed by atoms with Crippen molar-refractivity contribution in [2.75, 3.05) is 54.1 Å². The zero-order valence-corrected chi connectivity index (χ0v) is 16.0. The molecule has 2 aliphatic heterocycles. The summed E-state index contributed by atoms with van der Waals surface area (Å²) in [6, 6.07) is 7.86. The van der Waals surface area contributed by atoms with Crippen LogP contribution in [0.3, 0.4) is 0 Å². The van der Waals surface area contributed by atoms with Gasteiger partial charge >= 0.3 is 0 Å². The molecule has 0 aliphatic carbocycles. The van der Waals surface area contributed by atoms with Gasteiger partial charge in [-0.3, -0.25) is 0 Å². The predicted octanol–water partition coefficient (Wildman–Crippen LogP) is 1.63. The minimum Gasteiger partial charge on any atom is -0.399 e. The molecule has 148 valence electrons. The summed E-state index contributed by atoms with van der Waals surface area (Å²) in [5.74, 6) is 1.84. The van der Waals surface area contributed by atoms with Crippen molar-refractivity contribution >= 4 is 29.1 Å². The van der Waals surface area contributed by atoms with Crippen molar-refractivity contribution in [1.82, 2.24) is 19.9 Å². The number of morpholine rings is 1. The van der Waals surface area contributed by atoms with E-state index in [2.05, 4.69) is 19.8 Å². The fourth-order valence-corrected chi connectivity index (χ4v) is 3.79. The van der Waals surface area contributed by atoms with E-state index in [1.807, 2.05) is 24.3 Å². The van der Waals surface area contributed by atoms with E-state index >= 15 is 0 Å². The Morgan fingerprint density at radius 3 is 2.52 bits per heavy atom. The standard InChI is InChI=1S/C20H22N8O/c21-14-2-1-3-15(10-14)28-5-4-16-17(13-11-23-19(22)24-12-13)25-20(26-18(16)28)27-6-8-29-9-7-27/h1-3,10-12H,4-9,21H2,(H2,22,23,24). The van der Waals surface area contributed by atoms with Crippen LogP contribution in [0.4, 0.5) is 29.1 Å². The van der Waals surface area contributed by atoms with Gasteiger partial charge in [0.05, 0.1) is 18.9 Å². The monoisotopic (exact) mass is 390 g/mol. The van der Waals surface area contributed by atoms with Crippen molar-refractivity contribution in [2.45, 2.75) is 6.42 Å². The molecule has 1 aromatic carbocycles. The highest BCUT2D eigenvalue weighted by molar-refractivity contribution is 5.77. The van der Waals surface area contributed by atoms with Crippen molar-refractivity contribution in [3.63, 3.8) is 0 Å². The number of fused-ring (bicyclic) bond motifs is 1. The van der Waals surface area contributed by atoms with Crippen LogP contribution in [0.1, 0.15) is 5.56 Å². The van der Waals surface area contributed by atoms with Crippen molar-refractivity contribution in [1.29, 1.82) is 0 Å². The van der Waals surface area contributed by atoms with E-state index in [-0.39, 0.29) is 5.95 Å². The molecule has 0 radical (unpaired) electrons. The highest BCUT2D eigenvalue weighted by atomic mass is 16.5. The minimum atomic E-state index is 0.245. The van der Waals surface area contributed by atoms with Gasteiger partial charge in [-0.2, -0.15) is 4.98 Å². The minimum absolute atomic E-state index is 0.245. The number of nitrogen functional groups attached to an aromatic ring is 2. The fraction of sp³-hybridized carbons (Fsp3) is 0.300. The first-order valence-corrected chi connectivity index (χ1v) is 9.63. The zero-order valence-electron chi connectivity index (χ0n) is 16.0. The van der Waals surface area contributed by atoms with Crippen molar-refractivity contribution in [2.24, 2.45) is 0 Å². The molecule has 4 N–H and O–H groups in total. The largest absolute Gasteiger partial charge is 0.399 e. The van der Waals surface area contributed by atoms with Gasteiger partial charge in [-0.1, -0.05) is 6.07 Å². The molecule has 1 fully saturated rings. The van der Waals surface area contributed by atoms with Crippen molar-refractivity contribution in [3.05, 3.63) is 42.2 Å². The molecule has 0 amide bonds. The number of anilines is 5. The van der Waals surface area contributed by atoms with Crippen LogP contribution >= 0.6 is 0 Å². The zero-order chi connectivity index (χ0) is 19.8. The number of benzene rings is 1. The molecule has 5 rings (SSSR count). The lowest BCUT2D eigenvalue weighted by Gasteiger charge is -2.28. The van der Waals surface area contributed by atoms with Crippen LogP contribution < -0.4 is 21.3 Å². The Labute approximate surface area is 168 Å².